The molecule has 2 unspecified atom stereocenters. The van der Waals surface area contributed by atoms with Crippen LogP contribution < -0.4 is 5.32 Å². The summed E-state index contributed by atoms with van der Waals surface area (Å²) < 4.78 is 5.19. The molecule has 0 radical (unpaired) electrons. The number of benzene rings is 1. The first-order valence-electron chi connectivity index (χ1n) is 10.1. The molecule has 4 aliphatic carbocycles. The molecule has 4 fully saturated rings. The lowest BCUT2D eigenvalue weighted by Gasteiger charge is -2.60. The molecule has 156 valence electrons. The maximum atomic E-state index is 12.4. The normalized spacial score (nSPS) is 32.1. The molecule has 29 heavy (non-hydrogen) atoms. The summed E-state index contributed by atoms with van der Waals surface area (Å²) in [5.74, 6) is -0.122. The van der Waals surface area contributed by atoms with Crippen molar-refractivity contribution < 1.29 is 24.4 Å². The van der Waals surface area contributed by atoms with Gasteiger partial charge in [0.25, 0.3) is 11.6 Å². The number of aliphatic hydroxyl groups is 1. The van der Waals surface area contributed by atoms with E-state index in [4.69, 9.17) is 4.74 Å². The molecular formula is C21H26N2O6. The van der Waals surface area contributed by atoms with Crippen LogP contribution in [-0.2, 0) is 14.3 Å². The van der Waals surface area contributed by atoms with Crippen LogP contribution in [0.1, 0.15) is 50.5 Å². The van der Waals surface area contributed by atoms with Gasteiger partial charge in [-0.2, -0.15) is 0 Å². The molecule has 0 heterocycles. The third-order valence-corrected chi connectivity index (χ3v) is 6.75. The van der Waals surface area contributed by atoms with E-state index < -0.39 is 29.0 Å². The van der Waals surface area contributed by atoms with Gasteiger partial charge in [0.2, 0.25) is 0 Å². The molecule has 0 saturated heterocycles. The smallest absolute Gasteiger partial charge is 0.306 e. The number of esters is 1. The number of nitro groups is 1. The number of nitrogens with one attached hydrogen (secondary N) is 1. The van der Waals surface area contributed by atoms with Crippen LogP contribution in [-0.4, -0.2) is 34.1 Å². The number of ether oxygens (including phenoxy) is 1. The highest BCUT2D eigenvalue weighted by molar-refractivity contribution is 5.95. The number of anilines is 1. The summed E-state index contributed by atoms with van der Waals surface area (Å²) in [5, 5.41) is 24.4. The molecular weight excluding hydrogens is 376 g/mol. The van der Waals surface area contributed by atoms with Gasteiger partial charge in [0.05, 0.1) is 16.9 Å². The fourth-order valence-electron chi connectivity index (χ4n) is 6.25. The minimum Gasteiger partial charge on any atom is -0.456 e. The van der Waals surface area contributed by atoms with Gasteiger partial charge in [0.1, 0.15) is 5.69 Å². The maximum Gasteiger partial charge on any atom is 0.306 e. The van der Waals surface area contributed by atoms with Crippen molar-refractivity contribution in [2.24, 2.45) is 17.3 Å². The van der Waals surface area contributed by atoms with Crippen molar-refractivity contribution in [3.05, 3.63) is 33.9 Å². The molecule has 5 rings (SSSR count). The highest BCUT2D eigenvalue weighted by Crippen LogP contribution is 2.62. The Labute approximate surface area is 168 Å². The number of carbonyl (C=O) groups excluding carboxylic acids is 2. The Morgan fingerprint density at radius 3 is 2.59 bits per heavy atom. The largest absolute Gasteiger partial charge is 0.456 e. The van der Waals surface area contributed by atoms with Gasteiger partial charge in [-0.3, -0.25) is 19.7 Å². The van der Waals surface area contributed by atoms with Crippen LogP contribution in [0.2, 0.25) is 0 Å². The van der Waals surface area contributed by atoms with E-state index in [2.05, 4.69) is 5.32 Å². The summed E-state index contributed by atoms with van der Waals surface area (Å²) in [6.45, 7) is 1.17. The van der Waals surface area contributed by atoms with Crippen molar-refractivity contribution in [1.82, 2.24) is 0 Å². The van der Waals surface area contributed by atoms with Crippen LogP contribution in [0.15, 0.2) is 18.2 Å². The highest BCUT2D eigenvalue weighted by atomic mass is 16.6. The highest BCUT2D eigenvalue weighted by Gasteiger charge is 2.57. The second kappa shape index (κ2) is 7.09. The van der Waals surface area contributed by atoms with Gasteiger partial charge >= 0.3 is 5.97 Å². The van der Waals surface area contributed by atoms with Crippen LogP contribution in [0.4, 0.5) is 11.4 Å². The van der Waals surface area contributed by atoms with Crippen LogP contribution in [0.3, 0.4) is 0 Å². The van der Waals surface area contributed by atoms with Gasteiger partial charge in [-0.05, 0) is 68.3 Å². The standard InChI is InChI=1S/C21H26N2O6/c1-13-3-2-4-16(23(27)28)19(13)22-17(24)11-29-18(25)10-20-6-14-5-15(7-20)9-21(26,8-14)12-20/h2-4,14-15,26H,5-12H2,1H3,(H,22,24)/t14-,15+,20?,21?. The number of para-hydroxylation sites is 1. The van der Waals surface area contributed by atoms with Crippen LogP contribution >= 0.6 is 0 Å². The zero-order valence-corrected chi connectivity index (χ0v) is 16.5. The molecule has 2 N–H and O–H groups in total. The van der Waals surface area contributed by atoms with Crippen molar-refractivity contribution in [1.29, 1.82) is 0 Å². The third-order valence-electron chi connectivity index (χ3n) is 6.75. The lowest BCUT2D eigenvalue weighted by Crippen LogP contribution is -2.56. The number of amides is 1. The molecule has 4 bridgehead atoms. The number of hydrogen-bond acceptors (Lipinski definition) is 6. The average Bonchev–Trinajstić information content (AvgIpc) is 2.59. The zero-order chi connectivity index (χ0) is 20.8. The lowest BCUT2D eigenvalue weighted by atomic mass is 9.47. The molecule has 0 spiro atoms. The third kappa shape index (κ3) is 3.99. The molecule has 4 aliphatic rings. The van der Waals surface area contributed by atoms with Crippen molar-refractivity contribution in [3.63, 3.8) is 0 Å². The molecule has 1 amide bonds. The summed E-state index contributed by atoms with van der Waals surface area (Å²) >= 11 is 0. The van der Waals surface area contributed by atoms with Gasteiger partial charge in [-0.15, -0.1) is 0 Å². The Hall–Kier alpha value is -2.48. The minimum absolute atomic E-state index is 0.113. The molecule has 1 aromatic rings. The summed E-state index contributed by atoms with van der Waals surface area (Å²) in [5.41, 5.74) is -0.402. The first-order chi connectivity index (χ1) is 13.7. The Balaban J connectivity index is 1.34. The maximum absolute atomic E-state index is 12.4. The van der Waals surface area contributed by atoms with Gasteiger partial charge in [0.15, 0.2) is 6.61 Å². The predicted octanol–water partition coefficient (Wildman–Crippen LogP) is 3.11. The van der Waals surface area contributed by atoms with E-state index in [0.717, 1.165) is 32.1 Å². The summed E-state index contributed by atoms with van der Waals surface area (Å²) in [4.78, 5) is 35.2. The summed E-state index contributed by atoms with van der Waals surface area (Å²) in [6.07, 6.45) is 5.50. The van der Waals surface area contributed by atoms with E-state index in [1.807, 2.05) is 0 Å². The second-order valence-electron chi connectivity index (χ2n) is 9.30. The van der Waals surface area contributed by atoms with Crippen molar-refractivity contribution >= 4 is 23.3 Å². The monoisotopic (exact) mass is 402 g/mol. The number of aryl methyl sites for hydroxylation is 1. The zero-order valence-electron chi connectivity index (χ0n) is 16.5. The van der Waals surface area contributed by atoms with E-state index in [-0.39, 0.29) is 23.2 Å². The molecule has 8 nitrogen and oxygen atoms in total. The number of rotatable bonds is 6. The van der Waals surface area contributed by atoms with Gasteiger partial charge in [-0.25, -0.2) is 0 Å². The molecule has 1 aromatic carbocycles. The van der Waals surface area contributed by atoms with Crippen LogP contribution in [0.25, 0.3) is 0 Å². The Kier molecular flexibility index (Phi) is 4.85. The van der Waals surface area contributed by atoms with E-state index in [0.29, 0.717) is 23.8 Å². The Morgan fingerprint density at radius 1 is 1.28 bits per heavy atom. The van der Waals surface area contributed by atoms with Gasteiger partial charge in [0, 0.05) is 6.07 Å². The molecule has 0 aromatic heterocycles. The Morgan fingerprint density at radius 2 is 1.97 bits per heavy atom. The number of carbonyl (C=O) groups is 2. The fourth-order valence-corrected chi connectivity index (χ4v) is 6.25. The van der Waals surface area contributed by atoms with E-state index in [1.54, 1.807) is 19.1 Å². The topological polar surface area (TPSA) is 119 Å². The molecule has 4 saturated carbocycles. The van der Waals surface area contributed by atoms with Gasteiger partial charge in [-0.1, -0.05) is 12.1 Å². The van der Waals surface area contributed by atoms with Gasteiger partial charge < -0.3 is 15.2 Å². The predicted molar refractivity (Wildman–Crippen MR) is 104 cm³/mol. The average molecular weight is 402 g/mol. The summed E-state index contributed by atoms with van der Waals surface area (Å²) in [6, 6.07) is 4.52. The number of nitrogens with zero attached hydrogens (tertiary/aromatic N) is 1. The lowest BCUT2D eigenvalue weighted by molar-refractivity contribution is -0.384. The SMILES string of the molecule is Cc1cccc([N+](=O)[O-])c1NC(=O)COC(=O)CC12C[C@@H]3C[C@@H](CC(O)(C3)C1)C2. The first kappa shape index (κ1) is 19.8. The van der Waals surface area contributed by atoms with E-state index in [1.165, 1.54) is 6.07 Å². The fraction of sp³-hybridized carbons (Fsp3) is 0.619. The quantitative estimate of drug-likeness (QED) is 0.429. The first-order valence-corrected chi connectivity index (χ1v) is 10.1. The Bertz CT molecular complexity index is 853. The van der Waals surface area contributed by atoms with Crippen molar-refractivity contribution in [3.8, 4) is 0 Å². The van der Waals surface area contributed by atoms with Crippen LogP contribution in [0.5, 0.6) is 0 Å². The molecule has 0 aliphatic heterocycles. The van der Waals surface area contributed by atoms with E-state index >= 15 is 0 Å². The summed E-state index contributed by atoms with van der Waals surface area (Å²) in [7, 11) is 0. The second-order valence-corrected chi connectivity index (χ2v) is 9.30. The number of hydrogen-bond donors (Lipinski definition) is 2. The van der Waals surface area contributed by atoms with Crippen LogP contribution in [0, 0.1) is 34.3 Å². The molecule has 8 heteroatoms. The number of nitro benzene ring substituents is 1. The van der Waals surface area contributed by atoms with Crippen molar-refractivity contribution in [2.75, 3.05) is 11.9 Å². The minimum atomic E-state index is -0.647. The van der Waals surface area contributed by atoms with Crippen molar-refractivity contribution in [2.45, 2.75) is 57.5 Å². The van der Waals surface area contributed by atoms with E-state index in [9.17, 15) is 24.8 Å². The molecule has 4 atom stereocenters.